The van der Waals surface area contributed by atoms with Crippen LogP contribution in [0.4, 0.5) is 0 Å². The first-order chi connectivity index (χ1) is 6.47. The highest BCUT2D eigenvalue weighted by Gasteiger charge is 2.07. The van der Waals surface area contributed by atoms with Crippen molar-refractivity contribution in [3.63, 3.8) is 0 Å². The fourth-order valence-electron chi connectivity index (χ4n) is 0.434. The summed E-state index contributed by atoms with van der Waals surface area (Å²) in [6, 6.07) is -0.816. The first-order valence-electron chi connectivity index (χ1n) is 3.59. The van der Waals surface area contributed by atoms with Crippen LogP contribution in [0.3, 0.4) is 0 Å². The van der Waals surface area contributed by atoms with E-state index in [1.165, 1.54) is 12.2 Å². The van der Waals surface area contributed by atoms with E-state index in [0.717, 1.165) is 0 Å². The van der Waals surface area contributed by atoms with E-state index >= 15 is 0 Å². The van der Waals surface area contributed by atoms with E-state index in [1.54, 1.807) is 0 Å². The molecule has 0 aromatic carbocycles. The van der Waals surface area contributed by atoms with Gasteiger partial charge in [0.1, 0.15) is 6.04 Å². The van der Waals surface area contributed by atoms with Crippen LogP contribution in [-0.2, 0) is 14.4 Å². The summed E-state index contributed by atoms with van der Waals surface area (Å²) in [6.07, 6.45) is 2.39. The van der Waals surface area contributed by atoms with Crippen LogP contribution in [0.5, 0.6) is 0 Å². The summed E-state index contributed by atoms with van der Waals surface area (Å²) >= 11 is 3.65. The van der Waals surface area contributed by atoms with Crippen molar-refractivity contribution in [1.82, 2.24) is 5.32 Å². The summed E-state index contributed by atoms with van der Waals surface area (Å²) in [5, 5.41) is 10.0. The topological polar surface area (TPSA) is 109 Å². The number of amides is 2. The van der Waals surface area contributed by atoms with Crippen LogP contribution in [-0.4, -0.2) is 34.7 Å². The Hall–Kier alpha value is -1.34. The Morgan fingerprint density at radius 3 is 2.00 bits per heavy atom. The molecule has 0 saturated heterocycles. The van der Waals surface area contributed by atoms with E-state index in [9.17, 15) is 14.4 Å². The quantitative estimate of drug-likeness (QED) is 0.334. The third-order valence-electron chi connectivity index (χ3n) is 1.15. The number of nitrogens with one attached hydrogen (secondary N) is 1. The highest BCUT2D eigenvalue weighted by atomic mass is 32.1. The Morgan fingerprint density at radius 2 is 1.93 bits per heavy atom. The number of rotatable bonds is 2. The van der Waals surface area contributed by atoms with Gasteiger partial charge in [0, 0.05) is 17.9 Å². The maximum absolute atomic E-state index is 10.0. The van der Waals surface area contributed by atoms with Crippen LogP contribution >= 0.6 is 12.6 Å². The van der Waals surface area contributed by atoms with Gasteiger partial charge in [0.25, 0.3) is 11.8 Å². The molecule has 0 unspecified atom stereocenters. The smallest absolute Gasteiger partial charge is 0.321 e. The molecule has 1 aliphatic heterocycles. The summed E-state index contributed by atoms with van der Waals surface area (Å²) < 4.78 is 0. The van der Waals surface area contributed by atoms with Crippen molar-refractivity contribution < 1.29 is 19.5 Å². The summed E-state index contributed by atoms with van der Waals surface area (Å²) in [5.74, 6) is -1.47. The average Bonchev–Trinajstić information content (AvgIpc) is 2.49. The second-order valence-electron chi connectivity index (χ2n) is 2.31. The van der Waals surface area contributed by atoms with E-state index in [0.29, 0.717) is 0 Å². The Balaban J connectivity index is 0.000000241. The van der Waals surface area contributed by atoms with Crippen molar-refractivity contribution in [2.24, 2.45) is 5.73 Å². The molecule has 78 valence electrons. The largest absolute Gasteiger partial charge is 0.480 e. The molecule has 2 amide bonds. The minimum atomic E-state index is -1.00. The number of thiol groups is 1. The van der Waals surface area contributed by atoms with Crippen molar-refractivity contribution in [2.45, 2.75) is 6.04 Å². The summed E-state index contributed by atoms with van der Waals surface area (Å²) in [4.78, 5) is 29.8. The molecule has 0 bridgehead atoms. The van der Waals surface area contributed by atoms with Gasteiger partial charge < -0.3 is 10.8 Å². The van der Waals surface area contributed by atoms with Gasteiger partial charge in [0.15, 0.2) is 0 Å². The van der Waals surface area contributed by atoms with Crippen molar-refractivity contribution in [3.8, 4) is 0 Å². The SMILES string of the molecule is N[C@@H](CS)C(=O)O.O=C1C=CC(=O)N1. The van der Waals surface area contributed by atoms with Gasteiger partial charge in [0.05, 0.1) is 0 Å². The van der Waals surface area contributed by atoms with Crippen LogP contribution in [0.1, 0.15) is 0 Å². The van der Waals surface area contributed by atoms with Crippen molar-refractivity contribution in [1.29, 1.82) is 0 Å². The van der Waals surface area contributed by atoms with Gasteiger partial charge in [-0.15, -0.1) is 0 Å². The average molecular weight is 218 g/mol. The third-order valence-corrected chi connectivity index (χ3v) is 1.54. The number of hydrogen-bond donors (Lipinski definition) is 4. The molecule has 0 aromatic rings. The normalized spacial score (nSPS) is 15.6. The lowest BCUT2D eigenvalue weighted by atomic mass is 10.4. The molecule has 0 saturated carbocycles. The van der Waals surface area contributed by atoms with Crippen LogP contribution in [0.25, 0.3) is 0 Å². The zero-order chi connectivity index (χ0) is 11.1. The lowest BCUT2D eigenvalue weighted by molar-refractivity contribution is -0.138. The van der Waals surface area contributed by atoms with Crippen molar-refractivity contribution >= 4 is 30.4 Å². The number of nitrogens with two attached hydrogens (primary N) is 1. The van der Waals surface area contributed by atoms with E-state index in [-0.39, 0.29) is 17.6 Å². The van der Waals surface area contributed by atoms with Crippen LogP contribution in [0, 0.1) is 0 Å². The fraction of sp³-hybridized carbons (Fsp3) is 0.286. The van der Waals surface area contributed by atoms with Gasteiger partial charge in [-0.1, -0.05) is 0 Å². The van der Waals surface area contributed by atoms with E-state index in [4.69, 9.17) is 10.8 Å². The third kappa shape index (κ3) is 5.33. The molecule has 0 aliphatic carbocycles. The van der Waals surface area contributed by atoms with E-state index in [2.05, 4.69) is 12.6 Å². The Morgan fingerprint density at radius 1 is 1.50 bits per heavy atom. The van der Waals surface area contributed by atoms with E-state index in [1.807, 2.05) is 5.32 Å². The Labute approximate surface area is 85.6 Å². The predicted octanol–water partition coefficient (Wildman–Crippen LogP) is -1.47. The van der Waals surface area contributed by atoms with Gasteiger partial charge in [-0.05, 0) is 0 Å². The number of hydrogen-bond acceptors (Lipinski definition) is 5. The predicted molar refractivity (Wildman–Crippen MR) is 51.8 cm³/mol. The Bertz CT molecular complexity index is 261. The fourth-order valence-corrected chi connectivity index (χ4v) is 0.590. The second-order valence-corrected chi connectivity index (χ2v) is 2.68. The van der Waals surface area contributed by atoms with Crippen molar-refractivity contribution in [3.05, 3.63) is 12.2 Å². The first kappa shape index (κ1) is 12.7. The van der Waals surface area contributed by atoms with Crippen molar-refractivity contribution in [2.75, 3.05) is 5.75 Å². The molecular weight excluding hydrogens is 208 g/mol. The van der Waals surface area contributed by atoms with Gasteiger partial charge in [0.2, 0.25) is 0 Å². The molecule has 0 radical (unpaired) electrons. The molecule has 6 nitrogen and oxygen atoms in total. The zero-order valence-electron chi connectivity index (χ0n) is 7.14. The van der Waals surface area contributed by atoms with Gasteiger partial charge in [-0.2, -0.15) is 12.6 Å². The minimum absolute atomic E-state index is 0.190. The van der Waals surface area contributed by atoms with Crippen LogP contribution in [0.2, 0.25) is 0 Å². The van der Waals surface area contributed by atoms with E-state index < -0.39 is 12.0 Å². The molecule has 7 heteroatoms. The molecular formula is C7H10N2O4S. The van der Waals surface area contributed by atoms with Crippen LogP contribution < -0.4 is 11.1 Å². The summed E-state index contributed by atoms with van der Waals surface area (Å²) in [5.41, 5.74) is 4.94. The van der Waals surface area contributed by atoms with Gasteiger partial charge in [-0.3, -0.25) is 19.7 Å². The monoisotopic (exact) mass is 218 g/mol. The molecule has 14 heavy (non-hydrogen) atoms. The van der Waals surface area contributed by atoms with Gasteiger partial charge >= 0.3 is 5.97 Å². The summed E-state index contributed by atoms with van der Waals surface area (Å²) in [7, 11) is 0. The standard InChI is InChI=1S/C4H3NO2.C3H7NO2S/c6-3-1-2-4(7)5-3;4-2(1-7)3(5)6/h1-2H,(H,5,6,7);2,7H,1,4H2,(H,5,6)/t;2-/m.0/s1. The lowest BCUT2D eigenvalue weighted by Crippen LogP contribution is -2.31. The molecule has 1 aliphatic rings. The van der Waals surface area contributed by atoms with Crippen LogP contribution in [0.15, 0.2) is 12.2 Å². The maximum Gasteiger partial charge on any atom is 0.321 e. The summed E-state index contributed by atoms with van der Waals surface area (Å²) in [6.45, 7) is 0. The minimum Gasteiger partial charge on any atom is -0.480 e. The number of carboxylic acid groups (broad SMARTS) is 1. The molecule has 1 atom stereocenters. The first-order valence-corrected chi connectivity index (χ1v) is 4.23. The number of carbonyl (C=O) groups excluding carboxylic acids is 2. The zero-order valence-corrected chi connectivity index (χ0v) is 8.03. The molecule has 0 fully saturated rings. The molecule has 0 spiro atoms. The molecule has 1 rings (SSSR count). The number of imide groups is 1. The number of aliphatic carboxylic acids is 1. The highest BCUT2D eigenvalue weighted by Crippen LogP contribution is 1.82. The molecule has 4 N–H and O–H groups in total. The van der Waals surface area contributed by atoms with Gasteiger partial charge in [-0.25, -0.2) is 0 Å². The molecule has 0 aromatic heterocycles. The highest BCUT2D eigenvalue weighted by molar-refractivity contribution is 7.80. The lowest BCUT2D eigenvalue weighted by Gasteiger charge is -1.96. The second kappa shape index (κ2) is 6.17. The maximum atomic E-state index is 10.0. The number of carbonyl (C=O) groups is 3. The molecule has 1 heterocycles. The Kier molecular flexibility index (Phi) is 5.58. The number of carboxylic acids is 1.